The van der Waals surface area contributed by atoms with Crippen LogP contribution in [0.4, 0.5) is 13.2 Å². The summed E-state index contributed by atoms with van der Waals surface area (Å²) in [4.78, 5) is 12.0. The van der Waals surface area contributed by atoms with Crippen molar-refractivity contribution in [1.29, 1.82) is 0 Å². The molecule has 0 amide bonds. The van der Waals surface area contributed by atoms with Crippen LogP contribution in [0, 0.1) is 24.4 Å². The molecule has 98 valence electrons. The van der Waals surface area contributed by atoms with Crippen molar-refractivity contribution in [2.45, 2.75) is 6.92 Å². The molecule has 0 saturated heterocycles. The van der Waals surface area contributed by atoms with Crippen molar-refractivity contribution in [3.05, 3.63) is 68.9 Å². The van der Waals surface area contributed by atoms with Crippen LogP contribution in [-0.4, -0.2) is 5.78 Å². The van der Waals surface area contributed by atoms with Gasteiger partial charge in [-0.05, 0) is 42.8 Å². The third-order valence-electron chi connectivity index (χ3n) is 2.62. The van der Waals surface area contributed by atoms with E-state index in [9.17, 15) is 18.0 Å². The highest BCUT2D eigenvalue weighted by Gasteiger charge is 2.17. The molecule has 0 fully saturated rings. The Hall–Kier alpha value is -1.62. The predicted octanol–water partition coefficient (Wildman–Crippen LogP) is 4.41. The second kappa shape index (κ2) is 5.17. The van der Waals surface area contributed by atoms with Crippen LogP contribution in [0.25, 0.3) is 0 Å². The Morgan fingerprint density at radius 2 is 1.68 bits per heavy atom. The van der Waals surface area contributed by atoms with Crippen molar-refractivity contribution in [2.75, 3.05) is 0 Å². The number of hydrogen-bond donors (Lipinski definition) is 0. The van der Waals surface area contributed by atoms with Gasteiger partial charge in [0.15, 0.2) is 5.78 Å². The molecule has 2 aromatic rings. The summed E-state index contributed by atoms with van der Waals surface area (Å²) in [5, 5.41) is 0. The quantitative estimate of drug-likeness (QED) is 0.746. The Balaban J connectivity index is 2.53. The van der Waals surface area contributed by atoms with E-state index < -0.39 is 28.8 Å². The average molecular weight is 329 g/mol. The molecule has 0 radical (unpaired) electrons. The maximum Gasteiger partial charge on any atom is 0.196 e. The fraction of sp³-hybridized carbons (Fsp3) is 0.0714. The lowest BCUT2D eigenvalue weighted by molar-refractivity contribution is 0.103. The summed E-state index contributed by atoms with van der Waals surface area (Å²) >= 11 is 3.04. The Morgan fingerprint density at radius 3 is 2.32 bits per heavy atom. The number of hydrogen-bond acceptors (Lipinski definition) is 1. The highest BCUT2D eigenvalue weighted by Crippen LogP contribution is 2.21. The molecule has 0 aromatic heterocycles. The summed E-state index contributed by atoms with van der Waals surface area (Å²) in [5.74, 6) is -2.91. The molecule has 0 bridgehead atoms. The maximum atomic E-state index is 13.7. The van der Waals surface area contributed by atoms with Gasteiger partial charge in [0.05, 0.1) is 5.56 Å². The summed E-state index contributed by atoms with van der Waals surface area (Å²) in [6, 6.07) is 5.26. The molecule has 5 heteroatoms. The molecule has 1 nitrogen and oxygen atoms in total. The van der Waals surface area contributed by atoms with E-state index in [1.54, 1.807) is 0 Å². The van der Waals surface area contributed by atoms with Gasteiger partial charge in [-0.3, -0.25) is 4.79 Å². The molecule has 0 N–H and O–H groups in total. The number of aryl methyl sites for hydroxylation is 1. The predicted molar refractivity (Wildman–Crippen MR) is 68.6 cm³/mol. The summed E-state index contributed by atoms with van der Waals surface area (Å²) in [6.07, 6.45) is 0. The zero-order valence-corrected chi connectivity index (χ0v) is 11.4. The number of halogens is 4. The lowest BCUT2D eigenvalue weighted by Gasteiger charge is -2.06. The summed E-state index contributed by atoms with van der Waals surface area (Å²) in [7, 11) is 0. The summed E-state index contributed by atoms with van der Waals surface area (Å²) in [5.41, 5.74) is -0.357. The van der Waals surface area contributed by atoms with Crippen molar-refractivity contribution in [2.24, 2.45) is 0 Å². The Bertz CT molecular complexity index is 648. The molecule has 0 unspecified atom stereocenters. The van der Waals surface area contributed by atoms with E-state index in [1.165, 1.54) is 19.1 Å². The van der Waals surface area contributed by atoms with Crippen LogP contribution in [0.2, 0.25) is 0 Å². The van der Waals surface area contributed by atoms with Gasteiger partial charge in [-0.25, -0.2) is 13.2 Å². The van der Waals surface area contributed by atoms with Crippen LogP contribution in [0.1, 0.15) is 21.5 Å². The third kappa shape index (κ3) is 2.87. The standard InChI is InChI=1S/C14H8BrF3O/c1-7-2-13(18)11(6-12(7)17)14(19)8-3-9(15)5-10(16)4-8/h2-6H,1H3. The number of ketones is 1. The van der Waals surface area contributed by atoms with Crippen LogP contribution in [0.3, 0.4) is 0 Å². The molecule has 0 aliphatic heterocycles. The Labute approximate surface area is 116 Å². The largest absolute Gasteiger partial charge is 0.288 e. The van der Waals surface area contributed by atoms with E-state index in [2.05, 4.69) is 15.9 Å². The van der Waals surface area contributed by atoms with Gasteiger partial charge in [-0.15, -0.1) is 0 Å². The Kier molecular flexibility index (Phi) is 3.75. The molecule has 0 saturated carbocycles. The summed E-state index contributed by atoms with van der Waals surface area (Å²) in [6.45, 7) is 1.39. The fourth-order valence-electron chi connectivity index (χ4n) is 1.66. The minimum Gasteiger partial charge on any atom is -0.288 e. The lowest BCUT2D eigenvalue weighted by atomic mass is 10.0. The first-order chi connectivity index (χ1) is 8.88. The van der Waals surface area contributed by atoms with E-state index in [4.69, 9.17) is 0 Å². The SMILES string of the molecule is Cc1cc(F)c(C(=O)c2cc(F)cc(Br)c2)cc1F. The van der Waals surface area contributed by atoms with Gasteiger partial charge in [-0.2, -0.15) is 0 Å². The highest BCUT2D eigenvalue weighted by molar-refractivity contribution is 9.10. The van der Waals surface area contributed by atoms with Crippen LogP contribution < -0.4 is 0 Å². The van der Waals surface area contributed by atoms with E-state index in [-0.39, 0.29) is 11.1 Å². The number of benzene rings is 2. The molecule has 0 aliphatic carbocycles. The van der Waals surface area contributed by atoms with Crippen molar-refractivity contribution < 1.29 is 18.0 Å². The van der Waals surface area contributed by atoms with Gasteiger partial charge in [0.2, 0.25) is 0 Å². The van der Waals surface area contributed by atoms with E-state index in [1.807, 2.05) is 0 Å². The van der Waals surface area contributed by atoms with E-state index >= 15 is 0 Å². The second-order valence-electron chi connectivity index (χ2n) is 4.07. The van der Waals surface area contributed by atoms with Crippen LogP contribution >= 0.6 is 15.9 Å². The van der Waals surface area contributed by atoms with Crippen LogP contribution in [0.5, 0.6) is 0 Å². The van der Waals surface area contributed by atoms with Gasteiger partial charge >= 0.3 is 0 Å². The van der Waals surface area contributed by atoms with Gasteiger partial charge in [-0.1, -0.05) is 15.9 Å². The number of carbonyl (C=O) groups excluding carboxylic acids is 1. The lowest BCUT2D eigenvalue weighted by Crippen LogP contribution is -2.06. The summed E-state index contributed by atoms with van der Waals surface area (Å²) < 4.78 is 40.6. The maximum absolute atomic E-state index is 13.7. The van der Waals surface area contributed by atoms with Gasteiger partial charge in [0.25, 0.3) is 0 Å². The molecule has 0 atom stereocenters. The van der Waals surface area contributed by atoms with Crippen molar-refractivity contribution in [1.82, 2.24) is 0 Å². The molecular weight excluding hydrogens is 321 g/mol. The number of rotatable bonds is 2. The van der Waals surface area contributed by atoms with Crippen LogP contribution in [0.15, 0.2) is 34.8 Å². The topological polar surface area (TPSA) is 17.1 Å². The molecular formula is C14H8BrF3O. The van der Waals surface area contributed by atoms with Crippen LogP contribution in [-0.2, 0) is 0 Å². The van der Waals surface area contributed by atoms with Gasteiger partial charge in [0.1, 0.15) is 17.5 Å². The first kappa shape index (κ1) is 13.8. The first-order valence-corrected chi connectivity index (χ1v) is 6.14. The zero-order chi connectivity index (χ0) is 14.2. The first-order valence-electron chi connectivity index (χ1n) is 5.35. The van der Waals surface area contributed by atoms with Crippen molar-refractivity contribution in [3.63, 3.8) is 0 Å². The molecule has 2 aromatic carbocycles. The molecule has 0 spiro atoms. The van der Waals surface area contributed by atoms with Gasteiger partial charge in [0, 0.05) is 10.0 Å². The number of carbonyl (C=O) groups is 1. The second-order valence-corrected chi connectivity index (χ2v) is 4.98. The molecule has 0 heterocycles. The van der Waals surface area contributed by atoms with E-state index in [0.29, 0.717) is 4.47 Å². The van der Waals surface area contributed by atoms with Crippen molar-refractivity contribution in [3.8, 4) is 0 Å². The molecule has 19 heavy (non-hydrogen) atoms. The smallest absolute Gasteiger partial charge is 0.196 e. The van der Waals surface area contributed by atoms with Crippen molar-refractivity contribution >= 4 is 21.7 Å². The van der Waals surface area contributed by atoms with E-state index in [0.717, 1.165) is 18.2 Å². The molecule has 2 rings (SSSR count). The highest BCUT2D eigenvalue weighted by atomic mass is 79.9. The minimum atomic E-state index is -0.829. The Morgan fingerprint density at radius 1 is 1.00 bits per heavy atom. The monoisotopic (exact) mass is 328 g/mol. The zero-order valence-electron chi connectivity index (χ0n) is 9.81. The van der Waals surface area contributed by atoms with Gasteiger partial charge < -0.3 is 0 Å². The average Bonchev–Trinajstić information content (AvgIpc) is 2.31. The third-order valence-corrected chi connectivity index (χ3v) is 3.08. The minimum absolute atomic E-state index is 0.0472. The normalized spacial score (nSPS) is 10.6. The molecule has 0 aliphatic rings. The fourth-order valence-corrected chi connectivity index (χ4v) is 2.13.